The Labute approximate surface area is 194 Å². The molecule has 0 saturated carbocycles. The second-order valence-corrected chi connectivity index (χ2v) is 8.24. The van der Waals surface area contributed by atoms with Crippen LogP contribution in [-0.4, -0.2) is 36.3 Å². The molecule has 5 nitrogen and oxygen atoms in total. The van der Waals surface area contributed by atoms with Gasteiger partial charge in [0.2, 0.25) is 0 Å². The Kier molecular flexibility index (Phi) is 7.11. The number of hydrogen-bond donors (Lipinski definition) is 1. The van der Waals surface area contributed by atoms with Crippen LogP contribution in [0.15, 0.2) is 42.5 Å². The summed E-state index contributed by atoms with van der Waals surface area (Å²) in [6.45, 7) is 2.96. The van der Waals surface area contributed by atoms with E-state index in [9.17, 15) is 22.4 Å². The van der Waals surface area contributed by atoms with E-state index in [2.05, 4.69) is 5.32 Å². The van der Waals surface area contributed by atoms with Gasteiger partial charge in [0.25, 0.3) is 0 Å². The van der Waals surface area contributed by atoms with E-state index in [1.165, 1.54) is 24.3 Å². The monoisotopic (exact) mass is 478 g/mol. The van der Waals surface area contributed by atoms with Gasteiger partial charge in [-0.15, -0.1) is 0 Å². The summed E-state index contributed by atoms with van der Waals surface area (Å²) in [5.41, 5.74) is 2.14. The van der Waals surface area contributed by atoms with Gasteiger partial charge in [0.05, 0.1) is 12.2 Å². The van der Waals surface area contributed by atoms with Crippen molar-refractivity contribution in [3.05, 3.63) is 65.1 Å². The molecule has 34 heavy (non-hydrogen) atoms. The number of halogens is 4. The first-order chi connectivity index (χ1) is 16.3. The van der Waals surface area contributed by atoms with Gasteiger partial charge in [-0.05, 0) is 74.2 Å². The number of carbonyl (C=O) groups excluding carboxylic acids is 1. The number of fused-ring (bicyclic) bond motifs is 3. The first kappa shape index (κ1) is 24.1. The van der Waals surface area contributed by atoms with Crippen LogP contribution in [0, 0.1) is 5.82 Å². The fourth-order valence-corrected chi connectivity index (χ4v) is 4.48. The molecule has 0 bridgehead atoms. The van der Waals surface area contributed by atoms with E-state index in [1.807, 2.05) is 4.57 Å². The van der Waals surface area contributed by atoms with Crippen molar-refractivity contribution < 1.29 is 31.8 Å². The standard InChI is InChI=1S/C25H26F4N2O3/c1-2-33-24(32)15-31-22-9-5-17(26)13-20(22)21-14-18(6-10-23(21)31)30-11-12-34-19-7-3-16(4-8-19)25(27,28)29/h3-5,7-9,13,18,30H,2,6,10-12,14-15H2,1H3/t18-/m0/s1. The molecule has 1 aliphatic carbocycles. The van der Waals surface area contributed by atoms with Crippen LogP contribution in [0.1, 0.15) is 30.2 Å². The maximum Gasteiger partial charge on any atom is 0.416 e. The van der Waals surface area contributed by atoms with Crippen LogP contribution < -0.4 is 10.1 Å². The van der Waals surface area contributed by atoms with E-state index in [0.29, 0.717) is 31.9 Å². The Hall–Kier alpha value is -3.07. The van der Waals surface area contributed by atoms with Crippen molar-refractivity contribution >= 4 is 16.9 Å². The number of nitrogens with one attached hydrogen (secondary N) is 1. The summed E-state index contributed by atoms with van der Waals surface area (Å²) in [4.78, 5) is 12.1. The summed E-state index contributed by atoms with van der Waals surface area (Å²) in [5, 5.41) is 4.22. The van der Waals surface area contributed by atoms with Crippen molar-refractivity contribution in [2.45, 2.75) is 44.9 Å². The summed E-state index contributed by atoms with van der Waals surface area (Å²) >= 11 is 0. The molecule has 9 heteroatoms. The summed E-state index contributed by atoms with van der Waals surface area (Å²) in [6, 6.07) is 9.34. The summed E-state index contributed by atoms with van der Waals surface area (Å²) in [6.07, 6.45) is -2.15. The van der Waals surface area contributed by atoms with Crippen LogP contribution in [0.3, 0.4) is 0 Å². The van der Waals surface area contributed by atoms with Crippen LogP contribution in [-0.2, 0) is 35.1 Å². The van der Waals surface area contributed by atoms with Crippen LogP contribution in [0.25, 0.3) is 10.9 Å². The number of alkyl halides is 3. The Morgan fingerprint density at radius 2 is 1.94 bits per heavy atom. The Bertz CT molecular complexity index is 1160. The smallest absolute Gasteiger partial charge is 0.416 e. The van der Waals surface area contributed by atoms with Gasteiger partial charge < -0.3 is 19.4 Å². The highest BCUT2D eigenvalue weighted by molar-refractivity contribution is 5.87. The third kappa shape index (κ3) is 5.35. The van der Waals surface area contributed by atoms with E-state index >= 15 is 0 Å². The second kappa shape index (κ2) is 10.0. The molecule has 2 aromatic carbocycles. The molecule has 3 aromatic rings. The highest BCUT2D eigenvalue weighted by Crippen LogP contribution is 2.33. The van der Waals surface area contributed by atoms with E-state index in [-0.39, 0.29) is 24.4 Å². The third-order valence-corrected chi connectivity index (χ3v) is 6.01. The predicted octanol–water partition coefficient (Wildman–Crippen LogP) is 4.89. The van der Waals surface area contributed by atoms with Gasteiger partial charge in [-0.3, -0.25) is 4.79 Å². The van der Waals surface area contributed by atoms with Crippen LogP contribution in [0.5, 0.6) is 5.75 Å². The molecular formula is C25H26F4N2O3. The number of aromatic nitrogens is 1. The van der Waals surface area contributed by atoms with Crippen molar-refractivity contribution in [3.63, 3.8) is 0 Å². The zero-order valence-corrected chi connectivity index (χ0v) is 18.8. The normalized spacial score (nSPS) is 15.9. The zero-order valence-electron chi connectivity index (χ0n) is 18.8. The van der Waals surface area contributed by atoms with Gasteiger partial charge in [0.1, 0.15) is 24.7 Å². The van der Waals surface area contributed by atoms with E-state index in [4.69, 9.17) is 9.47 Å². The van der Waals surface area contributed by atoms with Gasteiger partial charge >= 0.3 is 12.1 Å². The topological polar surface area (TPSA) is 52.5 Å². The minimum Gasteiger partial charge on any atom is -0.492 e. The van der Waals surface area contributed by atoms with Crippen molar-refractivity contribution in [2.75, 3.05) is 19.8 Å². The molecule has 1 aliphatic rings. The first-order valence-electron chi connectivity index (χ1n) is 11.2. The van der Waals surface area contributed by atoms with Crippen molar-refractivity contribution in [3.8, 4) is 5.75 Å². The first-order valence-corrected chi connectivity index (χ1v) is 11.2. The number of nitrogens with zero attached hydrogens (tertiary/aromatic N) is 1. The summed E-state index contributed by atoms with van der Waals surface area (Å²) in [5.74, 6) is -0.283. The quantitative estimate of drug-likeness (QED) is 0.285. The maximum absolute atomic E-state index is 14.0. The average molecular weight is 478 g/mol. The number of hydrogen-bond acceptors (Lipinski definition) is 4. The number of rotatable bonds is 8. The fourth-order valence-electron chi connectivity index (χ4n) is 4.48. The Morgan fingerprint density at radius 1 is 1.18 bits per heavy atom. The number of carbonyl (C=O) groups is 1. The van der Waals surface area contributed by atoms with Crippen molar-refractivity contribution in [1.29, 1.82) is 0 Å². The van der Waals surface area contributed by atoms with Gasteiger partial charge in [-0.25, -0.2) is 4.39 Å². The van der Waals surface area contributed by atoms with Crippen LogP contribution >= 0.6 is 0 Å². The van der Waals surface area contributed by atoms with E-state index in [1.54, 1.807) is 13.0 Å². The van der Waals surface area contributed by atoms with Gasteiger partial charge in [0, 0.05) is 29.2 Å². The van der Waals surface area contributed by atoms with Gasteiger partial charge in [-0.1, -0.05) is 0 Å². The molecule has 1 aromatic heterocycles. The molecule has 4 rings (SSSR count). The Morgan fingerprint density at radius 3 is 2.65 bits per heavy atom. The molecule has 0 fully saturated rings. The summed E-state index contributed by atoms with van der Waals surface area (Å²) < 4.78 is 64.6. The summed E-state index contributed by atoms with van der Waals surface area (Å²) in [7, 11) is 0. The average Bonchev–Trinajstić information content (AvgIpc) is 3.09. The van der Waals surface area contributed by atoms with Crippen LogP contribution in [0.2, 0.25) is 0 Å². The SMILES string of the molecule is CCOC(=O)Cn1c2c(c3cc(F)ccc31)C[C@@H](NCCOc1ccc(C(F)(F)F)cc1)CC2. The van der Waals surface area contributed by atoms with Gasteiger partial charge in [-0.2, -0.15) is 13.2 Å². The lowest BCUT2D eigenvalue weighted by Crippen LogP contribution is -2.37. The second-order valence-electron chi connectivity index (χ2n) is 8.24. The lowest BCUT2D eigenvalue weighted by atomic mass is 9.91. The molecule has 0 amide bonds. The van der Waals surface area contributed by atoms with Crippen molar-refractivity contribution in [1.82, 2.24) is 9.88 Å². The molecule has 0 spiro atoms. The molecule has 0 saturated heterocycles. The molecule has 1 N–H and O–H groups in total. The molecule has 0 unspecified atom stereocenters. The third-order valence-electron chi connectivity index (χ3n) is 6.01. The molecule has 0 aliphatic heterocycles. The van der Waals surface area contributed by atoms with Crippen molar-refractivity contribution in [2.24, 2.45) is 0 Å². The fraction of sp³-hybridized carbons (Fsp3) is 0.400. The molecular weight excluding hydrogens is 452 g/mol. The lowest BCUT2D eigenvalue weighted by Gasteiger charge is -2.25. The van der Waals surface area contributed by atoms with Crippen LogP contribution in [0.4, 0.5) is 17.6 Å². The highest BCUT2D eigenvalue weighted by atomic mass is 19.4. The largest absolute Gasteiger partial charge is 0.492 e. The maximum atomic E-state index is 14.0. The predicted molar refractivity (Wildman–Crippen MR) is 119 cm³/mol. The number of esters is 1. The molecule has 1 heterocycles. The zero-order chi connectivity index (χ0) is 24.3. The molecule has 182 valence electrons. The minimum absolute atomic E-state index is 0.0877. The Balaban J connectivity index is 1.39. The van der Waals surface area contributed by atoms with E-state index in [0.717, 1.165) is 47.1 Å². The number of ether oxygens (including phenoxy) is 2. The van der Waals surface area contributed by atoms with E-state index < -0.39 is 11.7 Å². The highest BCUT2D eigenvalue weighted by Gasteiger charge is 2.30. The molecule has 1 atom stereocenters. The molecule has 0 radical (unpaired) electrons. The van der Waals surface area contributed by atoms with Gasteiger partial charge in [0.15, 0.2) is 0 Å². The minimum atomic E-state index is -4.37. The number of benzene rings is 2. The lowest BCUT2D eigenvalue weighted by molar-refractivity contribution is -0.143.